The molecule has 4 atom stereocenters. The van der Waals surface area contributed by atoms with Crippen molar-refractivity contribution < 1.29 is 19.2 Å². The molecule has 0 saturated carbocycles. The molecule has 0 spiro atoms. The summed E-state index contributed by atoms with van der Waals surface area (Å²) in [6.07, 6.45) is 0. The van der Waals surface area contributed by atoms with Crippen LogP contribution < -0.4 is 9.80 Å². The number of hydrogen-bond donors (Lipinski definition) is 0. The molecule has 5 aromatic rings. The molecule has 6 heteroatoms. The molecule has 2 fully saturated rings. The quantitative estimate of drug-likeness (QED) is 0.211. The maximum Gasteiger partial charge on any atom is 0.238 e. The summed E-state index contributed by atoms with van der Waals surface area (Å²) >= 11 is 0. The van der Waals surface area contributed by atoms with Crippen LogP contribution in [-0.2, 0) is 19.2 Å². The van der Waals surface area contributed by atoms with E-state index in [1.165, 1.54) is 9.80 Å². The lowest BCUT2D eigenvalue weighted by molar-refractivity contribution is -0.124. The highest BCUT2D eigenvalue weighted by molar-refractivity contribution is 6.25. The fourth-order valence-corrected chi connectivity index (χ4v) is 10.6. The molecule has 4 amide bonds. The van der Waals surface area contributed by atoms with E-state index in [0.29, 0.717) is 11.4 Å². The second kappa shape index (κ2) is 9.04. The van der Waals surface area contributed by atoms with E-state index in [4.69, 9.17) is 0 Å². The van der Waals surface area contributed by atoms with Gasteiger partial charge in [-0.25, -0.2) is 9.80 Å². The topological polar surface area (TPSA) is 74.8 Å². The van der Waals surface area contributed by atoms with Crippen LogP contribution in [0.4, 0.5) is 11.4 Å². The zero-order valence-electron chi connectivity index (χ0n) is 25.7. The molecule has 2 heterocycles. The van der Waals surface area contributed by atoms with E-state index in [2.05, 4.69) is 48.5 Å². The van der Waals surface area contributed by atoms with Gasteiger partial charge in [0.25, 0.3) is 0 Å². The van der Waals surface area contributed by atoms with Gasteiger partial charge in [-0.15, -0.1) is 0 Å². The zero-order chi connectivity index (χ0) is 32.0. The molecule has 48 heavy (non-hydrogen) atoms. The first-order valence-electron chi connectivity index (χ1n) is 16.8. The van der Waals surface area contributed by atoms with Gasteiger partial charge in [0, 0.05) is 23.7 Å². The van der Waals surface area contributed by atoms with Gasteiger partial charge in [0.15, 0.2) is 0 Å². The number of amides is 4. The molecule has 13 rings (SSSR count). The highest BCUT2D eigenvalue weighted by Gasteiger charge is 2.63. The van der Waals surface area contributed by atoms with Crippen LogP contribution in [0.2, 0.25) is 0 Å². The average Bonchev–Trinajstić information content (AvgIpc) is 3.56. The predicted molar refractivity (Wildman–Crippen MR) is 179 cm³/mol. The molecule has 5 aromatic carbocycles. The maximum absolute atomic E-state index is 14.4. The Balaban J connectivity index is 0.992. The lowest BCUT2D eigenvalue weighted by Crippen LogP contribution is -2.41. The standard InChI is InChI=1S/C42H28N2O4/c45-39-35-31-23-12-1-2-13-24(23)32(26-15-4-3-14-25(26)31)36(35)40(46)43(39)21-10-9-11-22(20-21)44-41(47)37-33-27-16-5-6-17-28(27)34(38(37)42(44)48)30-19-8-7-18-29(30)33/h1-20,31-38H/t31?,32?,33?,34?,35-,36-,37-,38+/m0/s1. The van der Waals surface area contributed by atoms with E-state index in [-0.39, 0.29) is 47.3 Å². The molecular formula is C42H28N2O4. The molecule has 0 radical (unpaired) electrons. The van der Waals surface area contributed by atoms with E-state index in [9.17, 15) is 19.2 Å². The van der Waals surface area contributed by atoms with Crippen LogP contribution in [0.5, 0.6) is 0 Å². The van der Waals surface area contributed by atoms with Crippen molar-refractivity contribution in [2.75, 3.05) is 9.80 Å². The average molecular weight is 625 g/mol. The lowest BCUT2D eigenvalue weighted by Gasteiger charge is -2.45. The molecule has 0 aromatic heterocycles. The molecule has 6 nitrogen and oxygen atoms in total. The molecule has 0 unspecified atom stereocenters. The molecule has 8 aliphatic rings. The number of rotatable bonds is 2. The Hall–Kier alpha value is -5.62. The monoisotopic (exact) mass is 624 g/mol. The van der Waals surface area contributed by atoms with E-state index < -0.39 is 23.7 Å². The number of hydrogen-bond acceptors (Lipinski definition) is 4. The first-order chi connectivity index (χ1) is 23.5. The number of benzene rings is 5. The van der Waals surface area contributed by atoms with Crippen LogP contribution in [0.1, 0.15) is 68.2 Å². The molecule has 2 saturated heterocycles. The zero-order valence-corrected chi connectivity index (χ0v) is 25.7. The summed E-state index contributed by atoms with van der Waals surface area (Å²) in [5.74, 6) is -3.78. The van der Waals surface area contributed by atoms with Crippen LogP contribution in [-0.4, -0.2) is 23.6 Å². The van der Waals surface area contributed by atoms with Gasteiger partial charge in [0.2, 0.25) is 23.6 Å². The fraction of sp³-hybridized carbons (Fsp3) is 0.190. The van der Waals surface area contributed by atoms with Gasteiger partial charge in [-0.2, -0.15) is 0 Å². The van der Waals surface area contributed by atoms with Crippen molar-refractivity contribution in [3.05, 3.63) is 166 Å². The van der Waals surface area contributed by atoms with Crippen LogP contribution in [0.25, 0.3) is 0 Å². The van der Waals surface area contributed by atoms with Crippen LogP contribution in [0.3, 0.4) is 0 Å². The molecule has 2 aliphatic heterocycles. The van der Waals surface area contributed by atoms with E-state index >= 15 is 0 Å². The second-order valence-electron chi connectivity index (χ2n) is 14.1. The normalized spacial score (nSPS) is 29.8. The van der Waals surface area contributed by atoms with Gasteiger partial charge >= 0.3 is 0 Å². The number of nitrogens with zero attached hydrogens (tertiary/aromatic N) is 2. The smallest absolute Gasteiger partial charge is 0.238 e. The summed E-state index contributed by atoms with van der Waals surface area (Å²) in [7, 11) is 0. The van der Waals surface area contributed by atoms with Gasteiger partial charge in [0.1, 0.15) is 0 Å². The third-order valence-electron chi connectivity index (χ3n) is 12.2. The number of imide groups is 2. The Kier molecular flexibility index (Phi) is 4.98. The Morgan fingerprint density at radius 2 is 0.542 bits per heavy atom. The van der Waals surface area contributed by atoms with Gasteiger partial charge < -0.3 is 0 Å². The van der Waals surface area contributed by atoms with Crippen LogP contribution in [0.15, 0.2) is 121 Å². The first-order valence-corrected chi connectivity index (χ1v) is 16.8. The number of carbonyl (C=O) groups is 4. The van der Waals surface area contributed by atoms with Crippen molar-refractivity contribution in [2.45, 2.75) is 23.7 Å². The van der Waals surface area contributed by atoms with Gasteiger partial charge in [0.05, 0.1) is 35.0 Å². The van der Waals surface area contributed by atoms with Crippen molar-refractivity contribution in [1.29, 1.82) is 0 Å². The second-order valence-corrected chi connectivity index (χ2v) is 14.1. The van der Waals surface area contributed by atoms with E-state index in [0.717, 1.165) is 44.5 Å². The maximum atomic E-state index is 14.4. The lowest BCUT2D eigenvalue weighted by atomic mass is 9.55. The summed E-state index contributed by atoms with van der Waals surface area (Å²) in [6, 6.07) is 39.7. The van der Waals surface area contributed by atoms with Crippen molar-refractivity contribution in [1.82, 2.24) is 0 Å². The number of anilines is 2. The highest BCUT2D eigenvalue weighted by atomic mass is 16.2. The summed E-state index contributed by atoms with van der Waals surface area (Å²) < 4.78 is 0. The van der Waals surface area contributed by atoms with Gasteiger partial charge in [-0.05, 0) is 62.7 Å². The molecule has 4 bridgehead atoms. The van der Waals surface area contributed by atoms with Crippen molar-refractivity contribution in [2.24, 2.45) is 23.7 Å². The minimum Gasteiger partial charge on any atom is -0.274 e. The van der Waals surface area contributed by atoms with Crippen molar-refractivity contribution in [3.63, 3.8) is 0 Å². The molecule has 0 N–H and O–H groups in total. The third-order valence-corrected chi connectivity index (χ3v) is 12.2. The minimum atomic E-state index is -0.512. The SMILES string of the molecule is O=C1[C@@H]2C3c4ccccc4C(c4ccccc43)[C@@H]2C(=O)N1c1cccc(N2C(=O)[C@H]3C4c5ccccc5C(c5ccccc54)[C@@H]3C2=O)c1. The van der Waals surface area contributed by atoms with Gasteiger partial charge in [-0.3, -0.25) is 19.2 Å². The van der Waals surface area contributed by atoms with E-state index in [1.54, 1.807) is 24.3 Å². The van der Waals surface area contributed by atoms with Crippen LogP contribution in [0, 0.1) is 23.7 Å². The minimum absolute atomic E-state index is 0.208. The van der Waals surface area contributed by atoms with Crippen molar-refractivity contribution >= 4 is 35.0 Å². The van der Waals surface area contributed by atoms with Crippen molar-refractivity contribution in [3.8, 4) is 0 Å². The largest absolute Gasteiger partial charge is 0.274 e. The fourth-order valence-electron chi connectivity index (χ4n) is 10.6. The summed E-state index contributed by atoms with van der Waals surface area (Å²) in [6.45, 7) is 0. The third kappa shape index (κ3) is 3.00. The Morgan fingerprint density at radius 1 is 0.312 bits per heavy atom. The molecule has 230 valence electrons. The predicted octanol–water partition coefficient (Wildman–Crippen LogP) is 6.48. The summed E-state index contributed by atoms with van der Waals surface area (Å²) in [4.78, 5) is 60.4. The molecular weight excluding hydrogens is 596 g/mol. The Bertz CT molecular complexity index is 1940. The Morgan fingerprint density at radius 3 is 0.771 bits per heavy atom. The summed E-state index contributed by atoms with van der Waals surface area (Å²) in [5, 5.41) is 0. The van der Waals surface area contributed by atoms with Crippen LogP contribution >= 0.6 is 0 Å². The van der Waals surface area contributed by atoms with E-state index in [1.807, 2.05) is 48.5 Å². The summed E-state index contributed by atoms with van der Waals surface area (Å²) in [5.41, 5.74) is 9.73. The first kappa shape index (κ1) is 26.4. The Labute approximate surface area is 276 Å². The number of carbonyl (C=O) groups excluding carboxylic acids is 4. The van der Waals surface area contributed by atoms with Gasteiger partial charge in [-0.1, -0.05) is 103 Å². The highest BCUT2D eigenvalue weighted by Crippen LogP contribution is 2.63. The molecule has 6 aliphatic carbocycles.